The number of anilines is 1. The number of hydrogen-bond acceptors (Lipinski definition) is 3. The number of benzene rings is 2. The zero-order valence-corrected chi connectivity index (χ0v) is 15.1. The molecule has 0 aliphatic heterocycles. The molecule has 0 saturated carbocycles. The number of amides is 1. The van der Waals surface area contributed by atoms with E-state index in [4.69, 9.17) is 28.5 Å². The van der Waals surface area contributed by atoms with Crippen LogP contribution in [0.1, 0.15) is 31.0 Å². The summed E-state index contributed by atoms with van der Waals surface area (Å²) in [4.78, 5) is 12.3. The molecule has 2 N–H and O–H groups in total. The van der Waals surface area contributed by atoms with Crippen molar-refractivity contribution in [3.63, 3.8) is 0 Å². The van der Waals surface area contributed by atoms with Gasteiger partial charge in [-0.15, -0.1) is 0 Å². The first-order chi connectivity index (χ1) is 11.8. The molecule has 2 aromatic rings. The van der Waals surface area contributed by atoms with Gasteiger partial charge in [-0.05, 0) is 49.7 Å². The minimum Gasteiger partial charge on any atom is -0.325 e. The molecule has 0 unspecified atom stereocenters. The summed E-state index contributed by atoms with van der Waals surface area (Å²) < 4.78 is 13.7. The van der Waals surface area contributed by atoms with Crippen LogP contribution in [0.3, 0.4) is 0 Å². The van der Waals surface area contributed by atoms with Crippen LogP contribution < -0.4 is 10.6 Å². The van der Waals surface area contributed by atoms with Gasteiger partial charge in [-0.1, -0.05) is 29.3 Å². The second-order valence-electron chi connectivity index (χ2n) is 5.58. The third kappa shape index (κ3) is 4.93. The van der Waals surface area contributed by atoms with Crippen molar-refractivity contribution in [2.24, 2.45) is 0 Å². The minimum atomic E-state index is -0.574. The second-order valence-corrected chi connectivity index (χ2v) is 6.39. The molecule has 2 aromatic carbocycles. The Morgan fingerprint density at radius 3 is 2.60 bits per heavy atom. The lowest BCUT2D eigenvalue weighted by atomic mass is 10.1. The fourth-order valence-electron chi connectivity index (χ4n) is 2.33. The maximum Gasteiger partial charge on any atom is 0.241 e. The summed E-state index contributed by atoms with van der Waals surface area (Å²) in [6.45, 7) is 3.45. The first-order valence-electron chi connectivity index (χ1n) is 7.53. The summed E-state index contributed by atoms with van der Waals surface area (Å²) in [5, 5.41) is 14.9. The number of rotatable bonds is 5. The van der Waals surface area contributed by atoms with Gasteiger partial charge in [-0.2, -0.15) is 5.26 Å². The Bertz CT molecular complexity index is 836. The number of carbonyl (C=O) groups is 1. The van der Waals surface area contributed by atoms with E-state index >= 15 is 0 Å². The molecule has 0 saturated heterocycles. The van der Waals surface area contributed by atoms with Gasteiger partial charge in [0.1, 0.15) is 5.82 Å². The molecule has 0 fully saturated rings. The van der Waals surface area contributed by atoms with E-state index in [9.17, 15) is 9.18 Å². The molecule has 130 valence electrons. The van der Waals surface area contributed by atoms with E-state index in [0.29, 0.717) is 21.8 Å². The van der Waals surface area contributed by atoms with Crippen LogP contribution in [0.15, 0.2) is 36.4 Å². The van der Waals surface area contributed by atoms with Crippen molar-refractivity contribution in [2.75, 3.05) is 5.32 Å². The van der Waals surface area contributed by atoms with Crippen molar-refractivity contribution in [2.45, 2.75) is 25.9 Å². The van der Waals surface area contributed by atoms with Crippen molar-refractivity contribution < 1.29 is 9.18 Å². The predicted molar refractivity (Wildman–Crippen MR) is 97.2 cm³/mol. The molecule has 0 radical (unpaired) electrons. The maximum absolute atomic E-state index is 13.7. The van der Waals surface area contributed by atoms with Crippen LogP contribution in [0, 0.1) is 17.1 Å². The normalized spacial score (nSPS) is 13.0. The lowest BCUT2D eigenvalue weighted by Crippen LogP contribution is -2.39. The third-order valence-electron chi connectivity index (χ3n) is 3.66. The molecule has 0 aromatic heterocycles. The lowest BCUT2D eigenvalue weighted by Gasteiger charge is -2.21. The summed E-state index contributed by atoms with van der Waals surface area (Å²) in [7, 11) is 0. The number of carbonyl (C=O) groups excluding carboxylic acids is 1. The van der Waals surface area contributed by atoms with Gasteiger partial charge in [0.15, 0.2) is 0 Å². The zero-order chi connectivity index (χ0) is 18.6. The van der Waals surface area contributed by atoms with E-state index < -0.39 is 11.9 Å². The number of nitrogens with zero attached hydrogens (tertiary/aromatic N) is 1. The van der Waals surface area contributed by atoms with Gasteiger partial charge in [0.2, 0.25) is 5.91 Å². The van der Waals surface area contributed by atoms with Gasteiger partial charge in [0, 0.05) is 16.8 Å². The molecule has 25 heavy (non-hydrogen) atoms. The van der Waals surface area contributed by atoms with E-state index in [0.717, 1.165) is 0 Å². The Kier molecular flexibility index (Phi) is 6.38. The molecule has 1 amide bonds. The largest absolute Gasteiger partial charge is 0.325 e. The standard InChI is InChI=1S/C18H16Cl2FN3O/c1-10(14-7-17(21)16(20)8-15(14)19)23-11(2)18(25)24-13-5-3-4-12(6-13)9-22/h3-8,10-11,23H,1-2H3,(H,24,25)/t10-,11-/m1/s1. The van der Waals surface area contributed by atoms with Gasteiger partial charge < -0.3 is 5.32 Å². The van der Waals surface area contributed by atoms with Crippen LogP contribution in [0.4, 0.5) is 10.1 Å². The zero-order valence-electron chi connectivity index (χ0n) is 13.6. The molecule has 0 aliphatic rings. The van der Waals surface area contributed by atoms with E-state index in [-0.39, 0.29) is 17.0 Å². The molecule has 4 nitrogen and oxygen atoms in total. The molecular weight excluding hydrogens is 364 g/mol. The fourth-order valence-corrected chi connectivity index (χ4v) is 2.87. The number of halogens is 3. The molecule has 0 aliphatic carbocycles. The number of hydrogen-bond donors (Lipinski definition) is 2. The maximum atomic E-state index is 13.7. The second kappa shape index (κ2) is 8.30. The van der Waals surface area contributed by atoms with Crippen LogP contribution in [0.2, 0.25) is 10.0 Å². The Labute approximate surface area is 155 Å². The highest BCUT2D eigenvalue weighted by Crippen LogP contribution is 2.28. The smallest absolute Gasteiger partial charge is 0.241 e. The summed E-state index contributed by atoms with van der Waals surface area (Å²) in [5.41, 5.74) is 1.49. The van der Waals surface area contributed by atoms with Gasteiger partial charge in [0.05, 0.1) is 22.7 Å². The van der Waals surface area contributed by atoms with Gasteiger partial charge in [-0.25, -0.2) is 4.39 Å². The molecule has 7 heteroatoms. The Hall–Kier alpha value is -2.13. The van der Waals surface area contributed by atoms with Gasteiger partial charge in [0.25, 0.3) is 0 Å². The molecule has 0 spiro atoms. The molecule has 0 heterocycles. The Morgan fingerprint density at radius 2 is 1.92 bits per heavy atom. The van der Waals surface area contributed by atoms with Crippen LogP contribution in [-0.2, 0) is 4.79 Å². The fraction of sp³-hybridized carbons (Fsp3) is 0.222. The summed E-state index contributed by atoms with van der Waals surface area (Å²) in [6.07, 6.45) is 0. The predicted octanol–water partition coefficient (Wildman–Crippen LogP) is 4.68. The molecule has 2 atom stereocenters. The average molecular weight is 380 g/mol. The molecule has 2 rings (SSSR count). The van der Waals surface area contributed by atoms with Crippen molar-refractivity contribution in [3.05, 3.63) is 63.4 Å². The highest BCUT2D eigenvalue weighted by atomic mass is 35.5. The van der Waals surface area contributed by atoms with E-state index in [1.165, 1.54) is 12.1 Å². The SMILES string of the molecule is C[C@@H](N[C@H](C)c1cc(F)c(Cl)cc1Cl)C(=O)Nc1cccc(C#N)c1. The monoisotopic (exact) mass is 379 g/mol. The van der Waals surface area contributed by atoms with Crippen molar-refractivity contribution in [1.82, 2.24) is 5.32 Å². The van der Waals surface area contributed by atoms with Crippen LogP contribution in [-0.4, -0.2) is 11.9 Å². The third-order valence-corrected chi connectivity index (χ3v) is 4.28. The van der Waals surface area contributed by atoms with Crippen LogP contribution >= 0.6 is 23.2 Å². The van der Waals surface area contributed by atoms with Crippen molar-refractivity contribution >= 4 is 34.8 Å². The van der Waals surface area contributed by atoms with Gasteiger partial charge >= 0.3 is 0 Å². The highest BCUT2D eigenvalue weighted by molar-refractivity contribution is 6.35. The van der Waals surface area contributed by atoms with Gasteiger partial charge in [-0.3, -0.25) is 10.1 Å². The number of nitriles is 1. The molecule has 0 bridgehead atoms. The first-order valence-corrected chi connectivity index (χ1v) is 8.29. The van der Waals surface area contributed by atoms with E-state index in [1.54, 1.807) is 38.1 Å². The Balaban J connectivity index is 2.05. The summed E-state index contributed by atoms with van der Waals surface area (Å²) in [6, 6.07) is 10.3. The van der Waals surface area contributed by atoms with Crippen LogP contribution in [0.25, 0.3) is 0 Å². The first kappa shape index (κ1) is 19.2. The quantitative estimate of drug-likeness (QED) is 0.741. The van der Waals surface area contributed by atoms with E-state index in [2.05, 4.69) is 10.6 Å². The number of nitrogens with one attached hydrogen (secondary N) is 2. The van der Waals surface area contributed by atoms with Crippen molar-refractivity contribution in [1.29, 1.82) is 5.26 Å². The van der Waals surface area contributed by atoms with E-state index in [1.807, 2.05) is 6.07 Å². The Morgan fingerprint density at radius 1 is 1.20 bits per heavy atom. The lowest BCUT2D eigenvalue weighted by molar-refractivity contribution is -0.117. The summed E-state index contributed by atoms with van der Waals surface area (Å²) in [5.74, 6) is -0.854. The molecular formula is C18H16Cl2FN3O. The van der Waals surface area contributed by atoms with Crippen LogP contribution in [0.5, 0.6) is 0 Å². The summed E-state index contributed by atoms with van der Waals surface area (Å²) >= 11 is 11.8. The van der Waals surface area contributed by atoms with Crippen molar-refractivity contribution in [3.8, 4) is 6.07 Å². The highest BCUT2D eigenvalue weighted by Gasteiger charge is 2.19. The topological polar surface area (TPSA) is 64.9 Å². The average Bonchev–Trinajstić information content (AvgIpc) is 2.58. The minimum absolute atomic E-state index is 0.0517.